The molecule has 2 heterocycles. The van der Waals surface area contributed by atoms with E-state index in [9.17, 15) is 5.11 Å². The molecular weight excluding hydrogens is 234 g/mol. The fourth-order valence-electron chi connectivity index (χ4n) is 2.20. The molecule has 0 aromatic carbocycles. The fraction of sp³-hybridized carbons (Fsp3) is 0.750. The Kier molecular flexibility index (Phi) is 4.76. The predicted octanol–water partition coefficient (Wildman–Crippen LogP) is 1.92. The Morgan fingerprint density at radius 1 is 1.65 bits per heavy atom. The summed E-state index contributed by atoms with van der Waals surface area (Å²) in [5.74, 6) is 0. The van der Waals surface area contributed by atoms with Crippen molar-refractivity contribution < 1.29 is 5.11 Å². The minimum atomic E-state index is 0.278. The van der Waals surface area contributed by atoms with E-state index in [1.807, 2.05) is 6.20 Å². The van der Waals surface area contributed by atoms with E-state index in [0.29, 0.717) is 6.04 Å². The minimum Gasteiger partial charge on any atom is -0.395 e. The Bertz CT molecular complexity index is 342. The summed E-state index contributed by atoms with van der Waals surface area (Å²) in [6, 6.07) is 0.351. The monoisotopic (exact) mass is 255 g/mol. The van der Waals surface area contributed by atoms with Crippen molar-refractivity contribution in [3.8, 4) is 0 Å². The Balaban J connectivity index is 1.87. The second kappa shape index (κ2) is 6.33. The molecule has 1 fully saturated rings. The van der Waals surface area contributed by atoms with E-state index >= 15 is 0 Å². The molecule has 0 bridgehead atoms. The predicted molar refractivity (Wildman–Crippen MR) is 71.4 cm³/mol. The maximum atomic E-state index is 9.27. The van der Waals surface area contributed by atoms with Crippen molar-refractivity contribution >= 4 is 16.5 Å². The summed E-state index contributed by atoms with van der Waals surface area (Å²) < 4.78 is 0. The number of hydrogen-bond acceptors (Lipinski definition) is 5. The highest BCUT2D eigenvalue weighted by molar-refractivity contribution is 7.15. The van der Waals surface area contributed by atoms with Crippen molar-refractivity contribution in [1.82, 2.24) is 9.88 Å². The Hall–Kier alpha value is -0.650. The lowest BCUT2D eigenvalue weighted by Crippen LogP contribution is -2.31. The number of nitrogens with zero attached hydrogens (tertiary/aromatic N) is 2. The molecule has 2 N–H and O–H groups in total. The highest BCUT2D eigenvalue weighted by Crippen LogP contribution is 2.24. The summed E-state index contributed by atoms with van der Waals surface area (Å²) in [6.07, 6.45) is 5.39. The molecule has 0 aliphatic carbocycles. The van der Waals surface area contributed by atoms with E-state index in [-0.39, 0.29) is 6.61 Å². The van der Waals surface area contributed by atoms with Crippen LogP contribution >= 0.6 is 11.3 Å². The molecule has 0 amide bonds. The topological polar surface area (TPSA) is 48.4 Å². The van der Waals surface area contributed by atoms with Crippen LogP contribution in [0.4, 0.5) is 5.13 Å². The van der Waals surface area contributed by atoms with Gasteiger partial charge in [0.25, 0.3) is 0 Å². The second-order valence-corrected chi connectivity index (χ2v) is 5.62. The van der Waals surface area contributed by atoms with Crippen LogP contribution in [0.25, 0.3) is 0 Å². The zero-order valence-electron chi connectivity index (χ0n) is 10.4. The number of likely N-dealkylation sites (tertiary alicyclic amines) is 1. The Morgan fingerprint density at radius 2 is 2.53 bits per heavy atom. The van der Waals surface area contributed by atoms with Crippen LogP contribution in [0.2, 0.25) is 0 Å². The van der Waals surface area contributed by atoms with Gasteiger partial charge in [0.15, 0.2) is 5.13 Å². The fourth-order valence-corrected chi connectivity index (χ4v) is 3.07. The molecule has 96 valence electrons. The minimum absolute atomic E-state index is 0.278. The molecular formula is C12H21N3OS. The molecule has 0 radical (unpaired) electrons. The van der Waals surface area contributed by atoms with Crippen molar-refractivity contribution in [3.63, 3.8) is 0 Å². The number of rotatable bonds is 6. The summed E-state index contributed by atoms with van der Waals surface area (Å²) in [7, 11) is 0. The average Bonchev–Trinajstić information content (AvgIpc) is 2.96. The highest BCUT2D eigenvalue weighted by Gasteiger charge is 2.24. The summed E-state index contributed by atoms with van der Waals surface area (Å²) in [4.78, 5) is 8.00. The number of thiazole rings is 1. The lowest BCUT2D eigenvalue weighted by molar-refractivity contribution is 0.154. The van der Waals surface area contributed by atoms with Gasteiger partial charge in [-0.25, -0.2) is 4.98 Å². The highest BCUT2D eigenvalue weighted by atomic mass is 32.1. The summed E-state index contributed by atoms with van der Waals surface area (Å²) >= 11 is 1.73. The van der Waals surface area contributed by atoms with Crippen LogP contribution in [-0.4, -0.2) is 40.7 Å². The first-order valence-corrected chi connectivity index (χ1v) is 7.18. The third-order valence-corrected chi connectivity index (χ3v) is 4.09. The van der Waals surface area contributed by atoms with Crippen molar-refractivity contribution in [2.45, 2.75) is 38.8 Å². The van der Waals surface area contributed by atoms with Gasteiger partial charge in [-0.15, -0.1) is 11.3 Å². The molecule has 1 aromatic heterocycles. The van der Waals surface area contributed by atoms with Crippen LogP contribution in [0.3, 0.4) is 0 Å². The van der Waals surface area contributed by atoms with Crippen molar-refractivity contribution in [3.05, 3.63) is 11.1 Å². The first-order chi connectivity index (χ1) is 8.33. The molecule has 1 aliphatic rings. The maximum absolute atomic E-state index is 9.27. The third-order valence-electron chi connectivity index (χ3n) is 3.15. The van der Waals surface area contributed by atoms with Crippen LogP contribution in [0.15, 0.2) is 6.20 Å². The van der Waals surface area contributed by atoms with Crippen LogP contribution in [0.5, 0.6) is 0 Å². The molecule has 2 rings (SSSR count). The Labute approximate surface area is 107 Å². The van der Waals surface area contributed by atoms with Gasteiger partial charge < -0.3 is 10.4 Å². The molecule has 0 spiro atoms. The number of aliphatic hydroxyl groups is 1. The standard InChI is InChI=1S/C12H21N3OS/c1-2-5-13-12-14-7-11(17-12)8-15-6-3-4-10(15)9-16/h7,10,16H,2-6,8-9H2,1H3,(H,13,14). The molecule has 4 nitrogen and oxygen atoms in total. The van der Waals surface area contributed by atoms with Gasteiger partial charge in [-0.05, 0) is 25.8 Å². The van der Waals surface area contributed by atoms with Gasteiger partial charge in [0.2, 0.25) is 0 Å². The zero-order valence-corrected chi connectivity index (χ0v) is 11.2. The van der Waals surface area contributed by atoms with Crippen LogP contribution < -0.4 is 5.32 Å². The van der Waals surface area contributed by atoms with Gasteiger partial charge in [-0.2, -0.15) is 0 Å². The van der Waals surface area contributed by atoms with E-state index in [4.69, 9.17) is 0 Å². The normalized spacial score (nSPS) is 20.9. The van der Waals surface area contributed by atoms with E-state index in [2.05, 4.69) is 22.1 Å². The molecule has 1 aromatic rings. The van der Waals surface area contributed by atoms with Crippen molar-refractivity contribution in [2.24, 2.45) is 0 Å². The molecule has 1 unspecified atom stereocenters. The lowest BCUT2D eigenvalue weighted by Gasteiger charge is -2.21. The van der Waals surface area contributed by atoms with Crippen molar-refractivity contribution in [1.29, 1.82) is 0 Å². The number of aromatic nitrogens is 1. The van der Waals surface area contributed by atoms with Gasteiger partial charge in [-0.1, -0.05) is 6.92 Å². The first-order valence-electron chi connectivity index (χ1n) is 6.37. The van der Waals surface area contributed by atoms with Gasteiger partial charge in [0.05, 0.1) is 6.61 Å². The zero-order chi connectivity index (χ0) is 12.1. The lowest BCUT2D eigenvalue weighted by atomic mass is 10.2. The quantitative estimate of drug-likeness (QED) is 0.815. The third kappa shape index (κ3) is 3.40. The molecule has 17 heavy (non-hydrogen) atoms. The molecule has 1 atom stereocenters. The van der Waals surface area contributed by atoms with Gasteiger partial charge in [0, 0.05) is 30.2 Å². The summed E-state index contributed by atoms with van der Waals surface area (Å²) in [6.45, 7) is 5.44. The maximum Gasteiger partial charge on any atom is 0.182 e. The van der Waals surface area contributed by atoms with Crippen LogP contribution in [-0.2, 0) is 6.54 Å². The number of hydrogen-bond donors (Lipinski definition) is 2. The van der Waals surface area contributed by atoms with Crippen LogP contribution in [0, 0.1) is 0 Å². The van der Waals surface area contributed by atoms with E-state index in [0.717, 1.165) is 37.6 Å². The summed E-state index contributed by atoms with van der Waals surface area (Å²) in [5, 5.41) is 13.6. The number of anilines is 1. The van der Waals surface area contributed by atoms with Gasteiger partial charge in [0.1, 0.15) is 0 Å². The second-order valence-electron chi connectivity index (χ2n) is 4.51. The first kappa shape index (κ1) is 12.8. The summed E-state index contributed by atoms with van der Waals surface area (Å²) in [5.41, 5.74) is 0. The smallest absolute Gasteiger partial charge is 0.182 e. The largest absolute Gasteiger partial charge is 0.395 e. The molecule has 0 saturated carbocycles. The number of aliphatic hydroxyl groups excluding tert-OH is 1. The van der Waals surface area contributed by atoms with Gasteiger partial charge >= 0.3 is 0 Å². The SMILES string of the molecule is CCCNc1ncc(CN2CCCC2CO)s1. The molecule has 1 aliphatic heterocycles. The van der Waals surface area contributed by atoms with Crippen molar-refractivity contribution in [2.75, 3.05) is 25.0 Å². The number of nitrogens with one attached hydrogen (secondary N) is 1. The Morgan fingerprint density at radius 3 is 3.29 bits per heavy atom. The average molecular weight is 255 g/mol. The van der Waals surface area contributed by atoms with Gasteiger partial charge in [-0.3, -0.25) is 4.90 Å². The molecule has 5 heteroatoms. The van der Waals surface area contributed by atoms with E-state index < -0.39 is 0 Å². The van der Waals surface area contributed by atoms with E-state index in [1.165, 1.54) is 11.3 Å². The van der Waals surface area contributed by atoms with Crippen LogP contribution in [0.1, 0.15) is 31.1 Å². The molecule has 1 saturated heterocycles. The van der Waals surface area contributed by atoms with E-state index in [1.54, 1.807) is 11.3 Å².